The molecule has 0 aliphatic heterocycles. The molecule has 0 fully saturated rings. The van der Waals surface area contributed by atoms with Gasteiger partial charge in [0.05, 0.1) is 0 Å². The summed E-state index contributed by atoms with van der Waals surface area (Å²) in [6.07, 6.45) is 2.23. The van der Waals surface area contributed by atoms with Gasteiger partial charge in [0.15, 0.2) is 10.8 Å². The molecule has 0 saturated heterocycles. The lowest BCUT2D eigenvalue weighted by molar-refractivity contribution is -0.142. The van der Waals surface area contributed by atoms with Crippen LogP contribution in [0.3, 0.4) is 0 Å². The van der Waals surface area contributed by atoms with E-state index in [9.17, 15) is 4.79 Å². The molecule has 0 radical (unpaired) electrons. The first-order chi connectivity index (χ1) is 8.90. The molecule has 6 nitrogen and oxygen atoms in total. The Morgan fingerprint density at radius 3 is 3.00 bits per heavy atom. The zero-order chi connectivity index (χ0) is 14.0. The van der Waals surface area contributed by atoms with Gasteiger partial charge < -0.3 is 10.8 Å². The molecule has 2 atom stereocenters. The number of nitrogens with zero attached hydrogens (tertiary/aromatic N) is 3. The number of nitrogens with two attached hydrogens (primary N) is 1. The minimum absolute atomic E-state index is 0.0266. The number of hydrogen-bond donors (Lipinski definition) is 2. The van der Waals surface area contributed by atoms with Gasteiger partial charge in [0.2, 0.25) is 0 Å². The Kier molecular flexibility index (Phi) is 3.77. The van der Waals surface area contributed by atoms with Gasteiger partial charge in [-0.15, -0.1) is 10.2 Å². The Morgan fingerprint density at radius 2 is 2.32 bits per heavy atom. The van der Waals surface area contributed by atoms with Crippen molar-refractivity contribution in [2.75, 3.05) is 0 Å². The Bertz CT molecular complexity index is 596. The minimum atomic E-state index is -1.23. The van der Waals surface area contributed by atoms with Crippen molar-refractivity contribution in [2.45, 2.75) is 36.2 Å². The van der Waals surface area contributed by atoms with Gasteiger partial charge in [0, 0.05) is 11.4 Å². The lowest BCUT2D eigenvalue weighted by Crippen LogP contribution is -2.46. The van der Waals surface area contributed by atoms with Crippen LogP contribution in [0.2, 0.25) is 0 Å². The van der Waals surface area contributed by atoms with E-state index in [1.807, 2.05) is 35.7 Å². The van der Waals surface area contributed by atoms with E-state index in [1.165, 1.54) is 18.7 Å². The maximum atomic E-state index is 11.0. The highest BCUT2D eigenvalue weighted by Gasteiger charge is 2.30. The fourth-order valence-corrected chi connectivity index (χ4v) is 2.95. The zero-order valence-corrected chi connectivity index (χ0v) is 11.6. The van der Waals surface area contributed by atoms with E-state index >= 15 is 0 Å². The molecular weight excluding hydrogens is 264 g/mol. The van der Waals surface area contributed by atoms with Gasteiger partial charge in [0.25, 0.3) is 0 Å². The fourth-order valence-electron chi connectivity index (χ4n) is 1.81. The lowest BCUT2D eigenvalue weighted by Gasteiger charge is -2.22. The minimum Gasteiger partial charge on any atom is -0.480 e. The second-order valence-electron chi connectivity index (χ2n) is 4.77. The van der Waals surface area contributed by atoms with Crippen molar-refractivity contribution in [1.82, 2.24) is 14.6 Å². The molecule has 0 spiro atoms. The Labute approximate surface area is 115 Å². The van der Waals surface area contributed by atoms with Crippen LogP contribution < -0.4 is 5.73 Å². The van der Waals surface area contributed by atoms with Crippen LogP contribution in [0.1, 0.15) is 20.3 Å². The number of rotatable bonds is 5. The molecule has 102 valence electrons. The average molecular weight is 280 g/mol. The van der Waals surface area contributed by atoms with Crippen LogP contribution in [-0.4, -0.2) is 36.5 Å². The fraction of sp³-hybridized carbons (Fsp3) is 0.417. The Balaban J connectivity index is 2.11. The zero-order valence-electron chi connectivity index (χ0n) is 10.8. The van der Waals surface area contributed by atoms with Gasteiger partial charge in [-0.1, -0.05) is 24.8 Å². The third-order valence-corrected chi connectivity index (χ3v) is 3.85. The predicted octanol–water partition coefficient (Wildman–Crippen LogP) is 1.40. The van der Waals surface area contributed by atoms with Crippen molar-refractivity contribution in [3.05, 3.63) is 24.4 Å². The van der Waals surface area contributed by atoms with Crippen LogP contribution in [0.5, 0.6) is 0 Å². The lowest BCUT2D eigenvalue weighted by atomic mass is 9.98. The number of aliphatic carboxylic acids is 1. The van der Waals surface area contributed by atoms with Crippen LogP contribution in [0, 0.1) is 0 Å². The molecule has 2 rings (SSSR count). The molecule has 2 aromatic heterocycles. The third kappa shape index (κ3) is 3.05. The second kappa shape index (κ2) is 5.18. The normalized spacial score (nSPS) is 16.2. The Hall–Kier alpha value is -1.60. The van der Waals surface area contributed by atoms with Crippen LogP contribution in [0.4, 0.5) is 0 Å². The molecule has 0 aliphatic rings. The van der Waals surface area contributed by atoms with Gasteiger partial charge in [-0.25, -0.2) is 0 Å². The number of thioether (sulfide) groups is 1. The summed E-state index contributed by atoms with van der Waals surface area (Å²) < 4.78 is 1.87. The standard InChI is InChI=1S/C12H16N4O2S/c1-8(7-12(2,13)10(17)18)19-11-15-14-9-5-3-4-6-16(9)11/h3-6,8H,7,13H2,1-2H3,(H,17,18). The molecule has 2 unspecified atom stereocenters. The SMILES string of the molecule is CC(CC(C)(N)C(=O)O)Sc1nnc2ccccn12. The summed E-state index contributed by atoms with van der Waals surface area (Å²) in [6.45, 7) is 3.46. The van der Waals surface area contributed by atoms with Crippen molar-refractivity contribution < 1.29 is 9.90 Å². The molecule has 0 aliphatic carbocycles. The number of hydrogen-bond acceptors (Lipinski definition) is 5. The monoisotopic (exact) mass is 280 g/mol. The van der Waals surface area contributed by atoms with Gasteiger partial charge in [-0.3, -0.25) is 9.20 Å². The number of aromatic nitrogens is 3. The molecule has 0 aromatic carbocycles. The number of pyridine rings is 1. The molecule has 19 heavy (non-hydrogen) atoms. The van der Waals surface area contributed by atoms with E-state index in [0.29, 0.717) is 6.42 Å². The van der Waals surface area contributed by atoms with E-state index in [0.717, 1.165) is 10.8 Å². The first-order valence-corrected chi connectivity index (χ1v) is 6.77. The summed E-state index contributed by atoms with van der Waals surface area (Å²) >= 11 is 1.47. The maximum Gasteiger partial charge on any atom is 0.323 e. The van der Waals surface area contributed by atoms with Gasteiger partial charge >= 0.3 is 5.97 Å². The first kappa shape index (κ1) is 13.8. The quantitative estimate of drug-likeness (QED) is 0.804. The van der Waals surface area contributed by atoms with E-state index in [-0.39, 0.29) is 5.25 Å². The average Bonchev–Trinajstić information content (AvgIpc) is 2.72. The number of carbonyl (C=O) groups is 1. The van der Waals surface area contributed by atoms with E-state index in [2.05, 4.69) is 10.2 Å². The summed E-state index contributed by atoms with van der Waals surface area (Å²) in [6, 6.07) is 5.66. The van der Waals surface area contributed by atoms with Crippen LogP contribution >= 0.6 is 11.8 Å². The largest absolute Gasteiger partial charge is 0.480 e. The molecule has 0 saturated carbocycles. The molecular formula is C12H16N4O2S. The maximum absolute atomic E-state index is 11.0. The van der Waals surface area contributed by atoms with Crippen LogP contribution in [0.15, 0.2) is 29.6 Å². The molecule has 3 N–H and O–H groups in total. The van der Waals surface area contributed by atoms with Crippen molar-refractivity contribution in [1.29, 1.82) is 0 Å². The molecule has 2 heterocycles. The highest BCUT2D eigenvalue weighted by molar-refractivity contribution is 7.99. The molecule has 7 heteroatoms. The van der Waals surface area contributed by atoms with Crippen molar-refractivity contribution in [3.63, 3.8) is 0 Å². The number of carboxylic acids is 1. The van der Waals surface area contributed by atoms with E-state index < -0.39 is 11.5 Å². The van der Waals surface area contributed by atoms with Gasteiger partial charge in [-0.05, 0) is 25.5 Å². The Morgan fingerprint density at radius 1 is 1.58 bits per heavy atom. The summed E-state index contributed by atoms with van der Waals surface area (Å²) in [5, 5.41) is 17.9. The number of fused-ring (bicyclic) bond motifs is 1. The molecule has 0 bridgehead atoms. The molecule has 2 aromatic rings. The predicted molar refractivity (Wildman–Crippen MR) is 73.2 cm³/mol. The smallest absolute Gasteiger partial charge is 0.323 e. The summed E-state index contributed by atoms with van der Waals surface area (Å²) in [5.74, 6) is -0.994. The summed E-state index contributed by atoms with van der Waals surface area (Å²) in [4.78, 5) is 11.0. The highest BCUT2D eigenvalue weighted by Crippen LogP contribution is 2.27. The second-order valence-corrected chi connectivity index (χ2v) is 6.17. The van der Waals surface area contributed by atoms with Gasteiger partial charge in [0.1, 0.15) is 5.54 Å². The van der Waals surface area contributed by atoms with E-state index in [1.54, 1.807) is 0 Å². The van der Waals surface area contributed by atoms with Crippen molar-refractivity contribution >= 4 is 23.4 Å². The van der Waals surface area contributed by atoms with Crippen LogP contribution in [0.25, 0.3) is 5.65 Å². The van der Waals surface area contributed by atoms with Gasteiger partial charge in [-0.2, -0.15) is 0 Å². The topological polar surface area (TPSA) is 93.5 Å². The number of carboxylic acid groups (broad SMARTS) is 1. The highest BCUT2D eigenvalue weighted by atomic mass is 32.2. The van der Waals surface area contributed by atoms with E-state index in [4.69, 9.17) is 10.8 Å². The summed E-state index contributed by atoms with van der Waals surface area (Å²) in [5.41, 5.74) is 5.29. The van der Waals surface area contributed by atoms with Crippen molar-refractivity contribution in [2.24, 2.45) is 5.73 Å². The molecule has 0 amide bonds. The summed E-state index contributed by atoms with van der Waals surface area (Å²) in [7, 11) is 0. The first-order valence-electron chi connectivity index (χ1n) is 5.89. The third-order valence-electron chi connectivity index (χ3n) is 2.79. The van der Waals surface area contributed by atoms with Crippen molar-refractivity contribution in [3.8, 4) is 0 Å². The van der Waals surface area contributed by atoms with Crippen LogP contribution in [-0.2, 0) is 4.79 Å².